The Morgan fingerprint density at radius 1 is 1.28 bits per heavy atom. The van der Waals surface area contributed by atoms with Gasteiger partial charge in [0.2, 0.25) is 0 Å². The second-order valence-electron chi connectivity index (χ2n) is 5.23. The average Bonchev–Trinajstić information content (AvgIpc) is 2.35. The summed E-state index contributed by atoms with van der Waals surface area (Å²) in [6.45, 7) is 8.35. The summed E-state index contributed by atoms with van der Waals surface area (Å²) >= 11 is 0. The van der Waals surface area contributed by atoms with E-state index in [1.807, 2.05) is 0 Å². The minimum atomic E-state index is -0.208. The van der Waals surface area contributed by atoms with Gasteiger partial charge in [0.25, 0.3) is 0 Å². The molecule has 102 valence electrons. The Hall–Kier alpha value is -1.09. The van der Waals surface area contributed by atoms with Crippen molar-refractivity contribution < 1.29 is 9.13 Å². The molecule has 0 radical (unpaired) electrons. The zero-order valence-electron chi connectivity index (χ0n) is 11.8. The van der Waals surface area contributed by atoms with Crippen molar-refractivity contribution in [2.24, 2.45) is 0 Å². The van der Waals surface area contributed by atoms with Gasteiger partial charge in [0, 0.05) is 5.56 Å². The van der Waals surface area contributed by atoms with E-state index in [9.17, 15) is 4.39 Å². The van der Waals surface area contributed by atoms with Gasteiger partial charge in [-0.1, -0.05) is 20.8 Å². The Morgan fingerprint density at radius 3 is 2.61 bits per heavy atom. The maximum atomic E-state index is 13.4. The molecule has 1 N–H and O–H groups in total. The maximum absolute atomic E-state index is 13.4. The molecule has 0 spiro atoms. The van der Waals surface area contributed by atoms with Gasteiger partial charge in [0.15, 0.2) is 0 Å². The fourth-order valence-electron chi connectivity index (χ4n) is 2.05. The van der Waals surface area contributed by atoms with Crippen molar-refractivity contribution in [2.45, 2.75) is 39.0 Å². The molecule has 0 fully saturated rings. The number of hydrogen-bond acceptors (Lipinski definition) is 2. The summed E-state index contributed by atoms with van der Waals surface area (Å²) in [6, 6.07) is 4.72. The van der Waals surface area contributed by atoms with Gasteiger partial charge in [-0.25, -0.2) is 4.39 Å². The predicted octanol–water partition coefficient (Wildman–Crippen LogP) is 3.50. The Labute approximate surface area is 110 Å². The van der Waals surface area contributed by atoms with Crippen LogP contribution in [0.2, 0.25) is 0 Å². The molecular formula is C15H24FNO. The molecule has 0 atom stereocenters. The third-order valence-electron chi connectivity index (χ3n) is 3.24. The molecule has 0 heterocycles. The number of halogens is 1. The van der Waals surface area contributed by atoms with Gasteiger partial charge >= 0.3 is 0 Å². The van der Waals surface area contributed by atoms with E-state index >= 15 is 0 Å². The topological polar surface area (TPSA) is 21.3 Å². The molecular weight excluding hydrogens is 229 g/mol. The molecule has 18 heavy (non-hydrogen) atoms. The van der Waals surface area contributed by atoms with E-state index in [-0.39, 0.29) is 11.2 Å². The van der Waals surface area contributed by atoms with Crippen LogP contribution in [-0.2, 0) is 5.41 Å². The molecule has 0 aliphatic carbocycles. The van der Waals surface area contributed by atoms with Crippen molar-refractivity contribution in [2.75, 3.05) is 20.2 Å². The second-order valence-corrected chi connectivity index (χ2v) is 5.23. The normalized spacial score (nSPS) is 11.6. The molecule has 0 saturated heterocycles. The number of rotatable bonds is 7. The zero-order chi connectivity index (χ0) is 13.6. The highest BCUT2D eigenvalue weighted by molar-refractivity contribution is 5.39. The molecule has 1 aromatic carbocycles. The highest BCUT2D eigenvalue weighted by Gasteiger charge is 2.24. The first-order valence-electron chi connectivity index (χ1n) is 6.56. The third-order valence-corrected chi connectivity index (χ3v) is 3.24. The standard InChI is InChI=1S/C15H24FNO/c1-5-9-17-10-8-15(2,3)13-11-12(16)6-7-14(13)18-4/h6-7,11,17H,5,8-10H2,1-4H3. The number of ether oxygens (including phenoxy) is 1. The van der Waals surface area contributed by atoms with Crippen LogP contribution in [0, 0.1) is 5.82 Å². The zero-order valence-corrected chi connectivity index (χ0v) is 11.8. The predicted molar refractivity (Wildman–Crippen MR) is 73.8 cm³/mol. The quantitative estimate of drug-likeness (QED) is 0.751. The monoisotopic (exact) mass is 253 g/mol. The molecule has 0 aliphatic rings. The van der Waals surface area contributed by atoms with Gasteiger partial charge in [-0.15, -0.1) is 0 Å². The average molecular weight is 253 g/mol. The molecule has 0 aliphatic heterocycles. The summed E-state index contributed by atoms with van der Waals surface area (Å²) in [6.07, 6.45) is 2.08. The van der Waals surface area contributed by atoms with E-state index in [4.69, 9.17) is 4.74 Å². The minimum Gasteiger partial charge on any atom is -0.496 e. The Morgan fingerprint density at radius 2 is 2.00 bits per heavy atom. The fourth-order valence-corrected chi connectivity index (χ4v) is 2.05. The molecule has 0 amide bonds. The van der Waals surface area contributed by atoms with Crippen LogP contribution in [0.3, 0.4) is 0 Å². The van der Waals surface area contributed by atoms with Crippen molar-refractivity contribution in [3.8, 4) is 5.75 Å². The number of nitrogens with one attached hydrogen (secondary N) is 1. The van der Waals surface area contributed by atoms with Gasteiger partial charge in [0.1, 0.15) is 11.6 Å². The van der Waals surface area contributed by atoms with Crippen molar-refractivity contribution in [1.29, 1.82) is 0 Å². The molecule has 0 aromatic heterocycles. The van der Waals surface area contributed by atoms with E-state index in [0.29, 0.717) is 0 Å². The van der Waals surface area contributed by atoms with Gasteiger partial charge < -0.3 is 10.1 Å². The summed E-state index contributed by atoms with van der Waals surface area (Å²) in [5.74, 6) is 0.553. The van der Waals surface area contributed by atoms with Gasteiger partial charge in [-0.05, 0) is 49.5 Å². The largest absolute Gasteiger partial charge is 0.496 e. The summed E-state index contributed by atoms with van der Waals surface area (Å²) in [4.78, 5) is 0. The van der Waals surface area contributed by atoms with Crippen LogP contribution >= 0.6 is 0 Å². The summed E-state index contributed by atoms with van der Waals surface area (Å²) in [5.41, 5.74) is 0.831. The lowest BCUT2D eigenvalue weighted by Gasteiger charge is -2.27. The van der Waals surface area contributed by atoms with E-state index in [1.54, 1.807) is 19.2 Å². The van der Waals surface area contributed by atoms with Crippen LogP contribution in [0.4, 0.5) is 4.39 Å². The lowest BCUT2D eigenvalue weighted by Crippen LogP contribution is -2.26. The Balaban J connectivity index is 2.79. The summed E-state index contributed by atoms with van der Waals surface area (Å²) in [5, 5.41) is 3.38. The van der Waals surface area contributed by atoms with Gasteiger partial charge in [-0.3, -0.25) is 0 Å². The Kier molecular flexibility index (Phi) is 5.60. The highest BCUT2D eigenvalue weighted by Crippen LogP contribution is 2.34. The van der Waals surface area contributed by atoms with Gasteiger partial charge in [-0.2, -0.15) is 0 Å². The van der Waals surface area contributed by atoms with E-state index < -0.39 is 0 Å². The van der Waals surface area contributed by atoms with Crippen LogP contribution in [0.15, 0.2) is 18.2 Å². The smallest absolute Gasteiger partial charge is 0.123 e. The number of hydrogen-bond donors (Lipinski definition) is 1. The SMILES string of the molecule is CCCNCCC(C)(C)c1cc(F)ccc1OC. The Bertz CT molecular complexity index is 377. The summed E-state index contributed by atoms with van der Waals surface area (Å²) in [7, 11) is 1.63. The molecule has 0 unspecified atom stereocenters. The molecule has 0 bridgehead atoms. The minimum absolute atomic E-state index is 0.103. The van der Waals surface area contributed by atoms with E-state index in [1.165, 1.54) is 6.07 Å². The summed E-state index contributed by atoms with van der Waals surface area (Å²) < 4.78 is 18.7. The first-order valence-corrected chi connectivity index (χ1v) is 6.56. The molecule has 0 saturated carbocycles. The number of benzene rings is 1. The van der Waals surface area contributed by atoms with Gasteiger partial charge in [0.05, 0.1) is 7.11 Å². The highest BCUT2D eigenvalue weighted by atomic mass is 19.1. The lowest BCUT2D eigenvalue weighted by atomic mass is 9.81. The maximum Gasteiger partial charge on any atom is 0.123 e. The molecule has 2 nitrogen and oxygen atoms in total. The number of methoxy groups -OCH3 is 1. The van der Waals surface area contributed by atoms with Crippen molar-refractivity contribution in [1.82, 2.24) is 5.32 Å². The van der Waals surface area contributed by atoms with E-state index in [2.05, 4.69) is 26.1 Å². The van der Waals surface area contributed by atoms with Crippen LogP contribution in [0.25, 0.3) is 0 Å². The molecule has 1 aromatic rings. The second kappa shape index (κ2) is 6.74. The van der Waals surface area contributed by atoms with Crippen molar-refractivity contribution >= 4 is 0 Å². The van der Waals surface area contributed by atoms with E-state index in [0.717, 1.165) is 37.2 Å². The molecule has 3 heteroatoms. The third kappa shape index (κ3) is 3.98. The lowest BCUT2D eigenvalue weighted by molar-refractivity contribution is 0.380. The van der Waals surface area contributed by atoms with Crippen LogP contribution in [-0.4, -0.2) is 20.2 Å². The first-order chi connectivity index (χ1) is 8.51. The fraction of sp³-hybridized carbons (Fsp3) is 0.600. The van der Waals surface area contributed by atoms with Crippen molar-refractivity contribution in [3.63, 3.8) is 0 Å². The molecule has 1 rings (SSSR count). The van der Waals surface area contributed by atoms with Crippen molar-refractivity contribution in [3.05, 3.63) is 29.6 Å². The van der Waals surface area contributed by atoms with Crippen LogP contribution in [0.1, 0.15) is 39.2 Å². The first kappa shape index (κ1) is 15.0. The van der Waals surface area contributed by atoms with Crippen LogP contribution in [0.5, 0.6) is 5.75 Å². The van der Waals surface area contributed by atoms with Crippen LogP contribution < -0.4 is 10.1 Å².